The van der Waals surface area contributed by atoms with Gasteiger partial charge >= 0.3 is 0 Å². The van der Waals surface area contributed by atoms with E-state index in [2.05, 4.69) is 36.3 Å². The molecule has 14 heavy (non-hydrogen) atoms. The summed E-state index contributed by atoms with van der Waals surface area (Å²) in [6.07, 6.45) is 2.37. The number of nitrogens with zero attached hydrogens (tertiary/aromatic N) is 2. The van der Waals surface area contributed by atoms with Crippen molar-refractivity contribution in [1.29, 1.82) is 0 Å². The Morgan fingerprint density at radius 3 is 2.29 bits per heavy atom. The van der Waals surface area contributed by atoms with Crippen molar-refractivity contribution in [3.63, 3.8) is 0 Å². The highest BCUT2D eigenvalue weighted by molar-refractivity contribution is 4.58. The highest BCUT2D eigenvalue weighted by Gasteiger charge is 2.02. The standard InChI is InChI=1S/C10H25N3O/c1-4-7-13(10-6-11-14)9-5-8-12(2)3/h11,14H,4-10H2,1-3H3. The fraction of sp³-hybridized carbons (Fsp3) is 1.00. The van der Waals surface area contributed by atoms with Gasteiger partial charge in [-0.3, -0.25) is 0 Å². The second-order valence-corrected chi connectivity index (χ2v) is 3.91. The number of rotatable bonds is 9. The van der Waals surface area contributed by atoms with Gasteiger partial charge in [0.15, 0.2) is 0 Å². The van der Waals surface area contributed by atoms with Gasteiger partial charge in [-0.25, -0.2) is 5.48 Å². The van der Waals surface area contributed by atoms with Gasteiger partial charge in [-0.1, -0.05) is 6.92 Å². The van der Waals surface area contributed by atoms with Crippen LogP contribution in [0.4, 0.5) is 0 Å². The zero-order valence-corrected chi connectivity index (χ0v) is 9.79. The molecule has 2 N–H and O–H groups in total. The van der Waals surface area contributed by atoms with Crippen LogP contribution < -0.4 is 5.48 Å². The fourth-order valence-electron chi connectivity index (χ4n) is 1.47. The first-order valence-corrected chi connectivity index (χ1v) is 5.44. The minimum Gasteiger partial charge on any atom is -0.317 e. The molecule has 0 aliphatic carbocycles. The minimum absolute atomic E-state index is 0.655. The van der Waals surface area contributed by atoms with Crippen molar-refractivity contribution in [1.82, 2.24) is 15.3 Å². The topological polar surface area (TPSA) is 38.7 Å². The zero-order valence-electron chi connectivity index (χ0n) is 9.79. The van der Waals surface area contributed by atoms with Crippen LogP contribution in [0.5, 0.6) is 0 Å². The van der Waals surface area contributed by atoms with Crippen LogP contribution in [-0.4, -0.2) is 61.8 Å². The predicted molar refractivity (Wildman–Crippen MR) is 59.7 cm³/mol. The Kier molecular flexibility index (Phi) is 9.29. The van der Waals surface area contributed by atoms with Crippen molar-refractivity contribution in [3.05, 3.63) is 0 Å². The van der Waals surface area contributed by atoms with Crippen LogP contribution in [-0.2, 0) is 0 Å². The quantitative estimate of drug-likeness (QED) is 0.539. The molecule has 0 unspecified atom stereocenters. The van der Waals surface area contributed by atoms with E-state index >= 15 is 0 Å². The van der Waals surface area contributed by atoms with Gasteiger partial charge in [0.25, 0.3) is 0 Å². The highest BCUT2D eigenvalue weighted by atomic mass is 16.5. The van der Waals surface area contributed by atoms with Crippen molar-refractivity contribution in [3.8, 4) is 0 Å². The van der Waals surface area contributed by atoms with Crippen LogP contribution in [0, 0.1) is 0 Å². The molecule has 0 heterocycles. The van der Waals surface area contributed by atoms with Gasteiger partial charge in [0.1, 0.15) is 0 Å². The maximum atomic E-state index is 8.51. The van der Waals surface area contributed by atoms with E-state index in [1.165, 1.54) is 12.8 Å². The van der Waals surface area contributed by atoms with Crippen molar-refractivity contribution in [2.75, 3.05) is 46.8 Å². The zero-order chi connectivity index (χ0) is 10.8. The van der Waals surface area contributed by atoms with Crippen molar-refractivity contribution in [2.45, 2.75) is 19.8 Å². The number of hydrogen-bond acceptors (Lipinski definition) is 4. The SMILES string of the molecule is CCCN(CCCN(C)C)CCNO. The third kappa shape index (κ3) is 8.44. The van der Waals surface area contributed by atoms with Gasteiger partial charge in [0.2, 0.25) is 0 Å². The molecule has 0 saturated heterocycles. The van der Waals surface area contributed by atoms with Gasteiger partial charge in [0.05, 0.1) is 0 Å². The largest absolute Gasteiger partial charge is 0.317 e. The van der Waals surface area contributed by atoms with Gasteiger partial charge < -0.3 is 15.0 Å². The Balaban J connectivity index is 3.50. The molecule has 0 rings (SSSR count). The second-order valence-electron chi connectivity index (χ2n) is 3.91. The Hall–Kier alpha value is -0.160. The highest BCUT2D eigenvalue weighted by Crippen LogP contribution is 1.94. The molecule has 0 saturated carbocycles. The molecule has 0 fully saturated rings. The van der Waals surface area contributed by atoms with Crippen LogP contribution >= 0.6 is 0 Å². The monoisotopic (exact) mass is 203 g/mol. The van der Waals surface area contributed by atoms with Gasteiger partial charge in [0, 0.05) is 13.1 Å². The number of hydroxylamine groups is 1. The lowest BCUT2D eigenvalue weighted by molar-refractivity contribution is 0.145. The maximum absolute atomic E-state index is 8.51. The van der Waals surface area contributed by atoms with E-state index in [0.717, 1.165) is 26.2 Å². The summed E-state index contributed by atoms with van der Waals surface area (Å²) in [5, 5.41) is 8.51. The normalized spacial score (nSPS) is 11.6. The van der Waals surface area contributed by atoms with Crippen LogP contribution in [0.25, 0.3) is 0 Å². The minimum atomic E-state index is 0.655. The number of nitrogens with one attached hydrogen (secondary N) is 1. The first-order chi connectivity index (χ1) is 6.70. The molecule has 0 amide bonds. The fourth-order valence-corrected chi connectivity index (χ4v) is 1.47. The summed E-state index contributed by atoms with van der Waals surface area (Å²) in [5.74, 6) is 0. The summed E-state index contributed by atoms with van der Waals surface area (Å²) in [5.41, 5.74) is 2.20. The van der Waals surface area contributed by atoms with Crippen molar-refractivity contribution >= 4 is 0 Å². The third-order valence-corrected chi connectivity index (χ3v) is 2.16. The Labute approximate surface area is 87.8 Å². The first kappa shape index (κ1) is 13.8. The molecule has 0 bridgehead atoms. The van der Waals surface area contributed by atoms with E-state index in [-0.39, 0.29) is 0 Å². The molecule has 0 aliphatic rings. The van der Waals surface area contributed by atoms with Crippen LogP contribution in [0.1, 0.15) is 19.8 Å². The second kappa shape index (κ2) is 9.40. The van der Waals surface area contributed by atoms with E-state index < -0.39 is 0 Å². The van der Waals surface area contributed by atoms with E-state index in [9.17, 15) is 0 Å². The van der Waals surface area contributed by atoms with Crippen LogP contribution in [0.15, 0.2) is 0 Å². The summed E-state index contributed by atoms with van der Waals surface area (Å²) in [4.78, 5) is 4.58. The Bertz CT molecular complexity index is 120. The van der Waals surface area contributed by atoms with Crippen LogP contribution in [0.3, 0.4) is 0 Å². The molecule has 0 aromatic heterocycles. The summed E-state index contributed by atoms with van der Waals surface area (Å²) >= 11 is 0. The lowest BCUT2D eigenvalue weighted by atomic mass is 10.3. The van der Waals surface area contributed by atoms with E-state index in [1.807, 2.05) is 0 Å². The molecule has 86 valence electrons. The predicted octanol–water partition coefficient (Wildman–Crippen LogP) is 0.629. The molecular weight excluding hydrogens is 178 g/mol. The molecule has 4 nitrogen and oxygen atoms in total. The summed E-state index contributed by atoms with van der Waals surface area (Å²) in [7, 11) is 4.19. The Morgan fingerprint density at radius 1 is 1.07 bits per heavy atom. The molecule has 0 aromatic rings. The molecule has 0 aliphatic heterocycles. The summed E-state index contributed by atoms with van der Waals surface area (Å²) in [6, 6.07) is 0. The third-order valence-electron chi connectivity index (χ3n) is 2.16. The average Bonchev–Trinajstić information content (AvgIpc) is 2.13. The molecule has 0 atom stereocenters. The van der Waals surface area contributed by atoms with Crippen molar-refractivity contribution in [2.24, 2.45) is 0 Å². The van der Waals surface area contributed by atoms with Gasteiger partial charge in [-0.05, 0) is 46.6 Å². The van der Waals surface area contributed by atoms with E-state index in [1.54, 1.807) is 0 Å². The molecule has 0 spiro atoms. The first-order valence-electron chi connectivity index (χ1n) is 5.44. The lowest BCUT2D eigenvalue weighted by Crippen LogP contribution is -2.33. The molecule has 4 heteroatoms. The average molecular weight is 203 g/mol. The molecule has 0 radical (unpaired) electrons. The smallest absolute Gasteiger partial charge is 0.0335 e. The maximum Gasteiger partial charge on any atom is 0.0335 e. The van der Waals surface area contributed by atoms with E-state index in [4.69, 9.17) is 5.21 Å². The van der Waals surface area contributed by atoms with Crippen LogP contribution in [0.2, 0.25) is 0 Å². The lowest BCUT2D eigenvalue weighted by Gasteiger charge is -2.22. The Morgan fingerprint density at radius 2 is 1.79 bits per heavy atom. The molecule has 0 aromatic carbocycles. The summed E-state index contributed by atoms with van der Waals surface area (Å²) in [6.45, 7) is 7.14. The van der Waals surface area contributed by atoms with Crippen molar-refractivity contribution < 1.29 is 5.21 Å². The van der Waals surface area contributed by atoms with E-state index in [0.29, 0.717) is 6.54 Å². The molecular formula is C10H25N3O. The summed E-state index contributed by atoms with van der Waals surface area (Å²) < 4.78 is 0. The number of hydrogen-bond donors (Lipinski definition) is 2. The van der Waals surface area contributed by atoms with Gasteiger partial charge in [-0.15, -0.1) is 0 Å². The van der Waals surface area contributed by atoms with Gasteiger partial charge in [-0.2, -0.15) is 0 Å².